The third kappa shape index (κ3) is 2.91. The van der Waals surface area contributed by atoms with Crippen LogP contribution in [0.25, 0.3) is 0 Å². The van der Waals surface area contributed by atoms with E-state index in [2.05, 4.69) is 15.8 Å². The zero-order valence-electron chi connectivity index (χ0n) is 10.2. The molecule has 0 radical (unpaired) electrons. The Hall–Kier alpha value is -2.90. The van der Waals surface area contributed by atoms with Crippen molar-refractivity contribution in [1.82, 2.24) is 5.43 Å². The van der Waals surface area contributed by atoms with E-state index in [9.17, 15) is 19.5 Å². The third-order valence-electron chi connectivity index (χ3n) is 2.66. The van der Waals surface area contributed by atoms with Crippen LogP contribution in [0.1, 0.15) is 23.2 Å². The second-order valence-corrected chi connectivity index (χ2v) is 4.08. The molecular weight excluding hydrogens is 266 g/mol. The zero-order valence-corrected chi connectivity index (χ0v) is 10.2. The number of nitrogens with zero attached hydrogens (tertiary/aromatic N) is 1. The van der Waals surface area contributed by atoms with E-state index in [1.165, 1.54) is 12.1 Å². The fourth-order valence-corrected chi connectivity index (χ4v) is 1.60. The van der Waals surface area contributed by atoms with Gasteiger partial charge in [-0.25, -0.2) is 10.2 Å². The number of carboxylic acid groups (broad SMARTS) is 1. The van der Waals surface area contributed by atoms with Crippen LogP contribution in [0.4, 0.5) is 5.69 Å². The van der Waals surface area contributed by atoms with E-state index in [0.29, 0.717) is 0 Å². The molecule has 2 rings (SSSR count). The summed E-state index contributed by atoms with van der Waals surface area (Å²) in [6.45, 7) is 0. The van der Waals surface area contributed by atoms with Crippen molar-refractivity contribution in [2.45, 2.75) is 12.8 Å². The molecule has 0 aliphatic carbocycles. The van der Waals surface area contributed by atoms with E-state index >= 15 is 0 Å². The number of carboxylic acids is 1. The maximum absolute atomic E-state index is 11.9. The van der Waals surface area contributed by atoms with E-state index in [1.807, 2.05) is 0 Å². The zero-order chi connectivity index (χ0) is 14.7. The summed E-state index contributed by atoms with van der Waals surface area (Å²) >= 11 is 0. The van der Waals surface area contributed by atoms with E-state index in [0.717, 1.165) is 6.07 Å². The molecule has 0 spiro atoms. The number of phenolic OH excluding ortho intramolecular Hbond substituents is 1. The van der Waals surface area contributed by atoms with Crippen molar-refractivity contribution in [3.8, 4) is 5.75 Å². The van der Waals surface area contributed by atoms with E-state index in [1.54, 1.807) is 0 Å². The molecule has 1 aliphatic rings. The molecule has 1 aromatic rings. The van der Waals surface area contributed by atoms with E-state index in [-0.39, 0.29) is 41.5 Å². The van der Waals surface area contributed by atoms with Gasteiger partial charge in [0.05, 0.1) is 11.3 Å². The quantitative estimate of drug-likeness (QED) is 0.590. The van der Waals surface area contributed by atoms with Crippen LogP contribution in [-0.2, 0) is 9.59 Å². The normalized spacial score (nSPS) is 14.2. The second kappa shape index (κ2) is 5.39. The van der Waals surface area contributed by atoms with Gasteiger partial charge < -0.3 is 15.5 Å². The van der Waals surface area contributed by atoms with Crippen molar-refractivity contribution < 1.29 is 24.6 Å². The van der Waals surface area contributed by atoms with Gasteiger partial charge in [-0.2, -0.15) is 5.10 Å². The monoisotopic (exact) mass is 277 g/mol. The molecule has 0 atom stereocenters. The Labute approximate surface area is 113 Å². The number of phenols is 1. The average Bonchev–Trinajstić information content (AvgIpc) is 2.41. The number of nitrogens with one attached hydrogen (secondary N) is 2. The van der Waals surface area contributed by atoms with Crippen molar-refractivity contribution >= 4 is 29.2 Å². The molecule has 1 aromatic carbocycles. The van der Waals surface area contributed by atoms with Crippen molar-refractivity contribution in [3.63, 3.8) is 0 Å². The molecule has 8 nitrogen and oxygen atoms in total. The number of carbonyl (C=O) groups excluding carboxylic acids is 2. The predicted octanol–water partition coefficient (Wildman–Crippen LogP) is 0.295. The Balaban J connectivity index is 2.17. The molecule has 104 valence electrons. The van der Waals surface area contributed by atoms with Gasteiger partial charge in [0.1, 0.15) is 11.5 Å². The summed E-state index contributed by atoms with van der Waals surface area (Å²) < 4.78 is 0. The number of anilines is 1. The SMILES string of the molecule is O=C1CCC(C(=O)Nc2cc(C(=O)O)ccc2O)=NN1. The second-order valence-electron chi connectivity index (χ2n) is 4.08. The maximum atomic E-state index is 11.9. The van der Waals surface area contributed by atoms with Crippen molar-refractivity contribution in [1.29, 1.82) is 0 Å². The standard InChI is InChI=1S/C12H11N3O5/c16-9-3-1-6(12(19)20)5-8(9)13-11(18)7-2-4-10(17)15-14-7/h1,3,5,16H,2,4H2,(H,13,18)(H,15,17)(H,19,20). The first-order chi connectivity index (χ1) is 9.47. The Morgan fingerprint density at radius 1 is 1.30 bits per heavy atom. The molecular formula is C12H11N3O5. The number of amides is 2. The lowest BCUT2D eigenvalue weighted by molar-refractivity contribution is -0.121. The molecule has 1 aliphatic heterocycles. The molecule has 0 saturated carbocycles. The van der Waals surface area contributed by atoms with Crippen LogP contribution in [0, 0.1) is 0 Å². The molecule has 4 N–H and O–H groups in total. The molecule has 0 aromatic heterocycles. The average molecular weight is 277 g/mol. The van der Waals surface area contributed by atoms with E-state index in [4.69, 9.17) is 5.11 Å². The number of carbonyl (C=O) groups is 3. The van der Waals surface area contributed by atoms with Crippen LogP contribution in [0.2, 0.25) is 0 Å². The minimum Gasteiger partial charge on any atom is -0.506 e. The Kier molecular flexibility index (Phi) is 3.65. The number of hydrogen-bond donors (Lipinski definition) is 4. The fourth-order valence-electron chi connectivity index (χ4n) is 1.60. The van der Waals surface area contributed by atoms with Gasteiger partial charge in [-0.05, 0) is 18.2 Å². The van der Waals surface area contributed by atoms with Gasteiger partial charge in [-0.15, -0.1) is 0 Å². The van der Waals surface area contributed by atoms with Gasteiger partial charge in [0.2, 0.25) is 5.91 Å². The number of aromatic carboxylic acids is 1. The Bertz CT molecular complexity index is 624. The van der Waals surface area contributed by atoms with Gasteiger partial charge in [0, 0.05) is 12.8 Å². The summed E-state index contributed by atoms with van der Waals surface area (Å²) in [5.41, 5.74) is 2.17. The molecule has 0 fully saturated rings. The highest BCUT2D eigenvalue weighted by molar-refractivity contribution is 6.43. The lowest BCUT2D eigenvalue weighted by Gasteiger charge is -2.13. The minimum atomic E-state index is -1.18. The van der Waals surface area contributed by atoms with Gasteiger partial charge in [0.15, 0.2) is 0 Å². The largest absolute Gasteiger partial charge is 0.506 e. The third-order valence-corrected chi connectivity index (χ3v) is 2.66. The van der Waals surface area contributed by atoms with Gasteiger partial charge in [-0.3, -0.25) is 9.59 Å². The summed E-state index contributed by atoms with van der Waals surface area (Å²) in [6.07, 6.45) is 0.324. The first-order valence-corrected chi connectivity index (χ1v) is 5.70. The molecule has 1 heterocycles. The van der Waals surface area contributed by atoms with Crippen LogP contribution in [0.5, 0.6) is 5.75 Å². The topological polar surface area (TPSA) is 128 Å². The summed E-state index contributed by atoms with van der Waals surface area (Å²) in [5, 5.41) is 24.4. The summed E-state index contributed by atoms with van der Waals surface area (Å²) in [4.78, 5) is 33.6. The summed E-state index contributed by atoms with van der Waals surface area (Å²) in [6, 6.07) is 3.52. The molecule has 0 unspecified atom stereocenters. The molecule has 2 amide bonds. The maximum Gasteiger partial charge on any atom is 0.335 e. The molecule has 8 heteroatoms. The molecule has 0 saturated heterocycles. The number of aromatic hydroxyl groups is 1. The summed E-state index contributed by atoms with van der Waals surface area (Å²) in [7, 11) is 0. The Morgan fingerprint density at radius 3 is 2.65 bits per heavy atom. The van der Waals surface area contributed by atoms with E-state index < -0.39 is 11.9 Å². The van der Waals surface area contributed by atoms with Crippen LogP contribution in [0.3, 0.4) is 0 Å². The first-order valence-electron chi connectivity index (χ1n) is 5.70. The number of benzene rings is 1. The lowest BCUT2D eigenvalue weighted by atomic mass is 10.1. The summed E-state index contributed by atoms with van der Waals surface area (Å²) in [5.74, 6) is -2.33. The van der Waals surface area contributed by atoms with Crippen LogP contribution >= 0.6 is 0 Å². The number of hydrogen-bond acceptors (Lipinski definition) is 5. The van der Waals surface area contributed by atoms with Crippen LogP contribution in [-0.4, -0.2) is 33.7 Å². The fraction of sp³-hybridized carbons (Fsp3) is 0.167. The molecule has 20 heavy (non-hydrogen) atoms. The van der Waals surface area contributed by atoms with Crippen LogP contribution in [0.15, 0.2) is 23.3 Å². The van der Waals surface area contributed by atoms with Crippen molar-refractivity contribution in [2.24, 2.45) is 5.10 Å². The first kappa shape index (κ1) is 13.5. The van der Waals surface area contributed by atoms with Crippen LogP contribution < -0.4 is 10.7 Å². The predicted molar refractivity (Wildman–Crippen MR) is 68.5 cm³/mol. The van der Waals surface area contributed by atoms with Crippen molar-refractivity contribution in [3.05, 3.63) is 23.8 Å². The highest BCUT2D eigenvalue weighted by atomic mass is 16.4. The number of rotatable bonds is 3. The highest BCUT2D eigenvalue weighted by Gasteiger charge is 2.19. The van der Waals surface area contributed by atoms with Gasteiger partial charge in [0.25, 0.3) is 5.91 Å². The lowest BCUT2D eigenvalue weighted by Crippen LogP contribution is -2.32. The highest BCUT2D eigenvalue weighted by Crippen LogP contribution is 2.24. The minimum absolute atomic E-state index is 0.0329. The Morgan fingerprint density at radius 2 is 2.05 bits per heavy atom. The van der Waals surface area contributed by atoms with Gasteiger partial charge in [-0.1, -0.05) is 0 Å². The number of hydrazone groups is 1. The molecule has 0 bridgehead atoms. The van der Waals surface area contributed by atoms with Gasteiger partial charge >= 0.3 is 5.97 Å². The van der Waals surface area contributed by atoms with Crippen molar-refractivity contribution in [2.75, 3.05) is 5.32 Å². The smallest absolute Gasteiger partial charge is 0.335 e.